The number of hydrogen-bond acceptors (Lipinski definition) is 13. The third-order valence-electron chi connectivity index (χ3n) is 8.80. The molecular weight excluding hydrogens is 690 g/mol. The van der Waals surface area contributed by atoms with Crippen LogP contribution in [0.15, 0.2) is 0 Å². The van der Waals surface area contributed by atoms with Crippen LogP contribution in [0.2, 0.25) is 0 Å². The molecule has 2 rings (SSSR count). The Morgan fingerprint density at radius 3 is 2.16 bits per heavy atom. The van der Waals surface area contributed by atoms with E-state index in [4.69, 9.17) is 30.4 Å². The highest BCUT2D eigenvalue weighted by molar-refractivity contribution is 7.99. The third-order valence-corrected chi connectivity index (χ3v) is 10.2. The molecule has 3 unspecified atom stereocenters. The van der Waals surface area contributed by atoms with Crippen LogP contribution in [0.3, 0.4) is 0 Å². The molecule has 0 aliphatic heterocycles. The van der Waals surface area contributed by atoms with Crippen molar-refractivity contribution in [3.8, 4) is 0 Å². The fraction of sp³-hybridized carbons (Fsp3) is 0.812. The summed E-state index contributed by atoms with van der Waals surface area (Å²) in [5.41, 5.74) is 8.08. The van der Waals surface area contributed by atoms with E-state index < -0.39 is 64.2 Å². The average Bonchev–Trinajstić information content (AvgIpc) is 3.94. The standard InChI is InChI=1S/C32H57N7O11S/c1-29(2,8-7-24(42)38-17-23(34)41)48-13-9-30(3,4)49-14-11-37-26(44)32(15-21(32)40)39-25(43)20(33)18-51-19-31(10-12-47-27(45)35-5)16-22(31)50-28(46)36-6/h20-22,40H,7-19,33H2,1-6H3,(H2,34,41)(H,35,45)(H,36,46)(H,37,44)(H,38,42)(H,39,43)/t20-,21?,22?,31?,32+/m0/s1. The predicted octanol–water partition coefficient (Wildman–Crippen LogP) is -0.994. The number of nitrogens with one attached hydrogen (secondary N) is 5. The van der Waals surface area contributed by atoms with Crippen LogP contribution >= 0.6 is 11.8 Å². The molecule has 0 aromatic heterocycles. The van der Waals surface area contributed by atoms with Gasteiger partial charge >= 0.3 is 12.2 Å². The van der Waals surface area contributed by atoms with Gasteiger partial charge in [-0.1, -0.05) is 0 Å². The van der Waals surface area contributed by atoms with Crippen LogP contribution in [-0.4, -0.2) is 134 Å². The molecule has 0 radical (unpaired) electrons. The normalized spacial score (nSPS) is 22.9. The van der Waals surface area contributed by atoms with Crippen LogP contribution in [0.4, 0.5) is 9.59 Å². The molecule has 19 heteroatoms. The Morgan fingerprint density at radius 1 is 0.922 bits per heavy atom. The second kappa shape index (κ2) is 19.4. The van der Waals surface area contributed by atoms with Crippen LogP contribution in [-0.2, 0) is 38.1 Å². The van der Waals surface area contributed by atoms with Gasteiger partial charge in [0.2, 0.25) is 23.6 Å². The predicted molar refractivity (Wildman–Crippen MR) is 187 cm³/mol. The summed E-state index contributed by atoms with van der Waals surface area (Å²) in [6.45, 7) is 8.06. The van der Waals surface area contributed by atoms with Gasteiger partial charge in [-0.3, -0.25) is 19.2 Å². The lowest BCUT2D eigenvalue weighted by molar-refractivity contribution is -0.131. The lowest BCUT2D eigenvalue weighted by Gasteiger charge is -2.30. The molecule has 2 aliphatic carbocycles. The zero-order chi connectivity index (χ0) is 38.5. The van der Waals surface area contributed by atoms with Crippen molar-refractivity contribution in [2.24, 2.45) is 16.9 Å². The Kier molecular flexibility index (Phi) is 16.7. The summed E-state index contributed by atoms with van der Waals surface area (Å²) >= 11 is 1.38. The van der Waals surface area contributed by atoms with Crippen molar-refractivity contribution in [1.82, 2.24) is 26.6 Å². The Bertz CT molecular complexity index is 1240. The molecule has 51 heavy (non-hydrogen) atoms. The van der Waals surface area contributed by atoms with Gasteiger partial charge in [-0.05, 0) is 53.4 Å². The summed E-state index contributed by atoms with van der Waals surface area (Å²) in [5, 5.41) is 22.9. The van der Waals surface area contributed by atoms with Crippen LogP contribution in [0.1, 0.15) is 66.2 Å². The molecule has 18 nitrogen and oxygen atoms in total. The molecule has 0 saturated heterocycles. The number of hydrogen-bond donors (Lipinski definition) is 8. The molecule has 0 spiro atoms. The number of thioether (sulfide) groups is 1. The molecule has 5 atom stereocenters. The Hall–Kier alpha value is -3.39. The third kappa shape index (κ3) is 15.0. The lowest BCUT2D eigenvalue weighted by Crippen LogP contribution is -2.56. The van der Waals surface area contributed by atoms with Crippen molar-refractivity contribution in [2.75, 3.05) is 58.5 Å². The summed E-state index contributed by atoms with van der Waals surface area (Å²) in [7, 11) is 2.91. The van der Waals surface area contributed by atoms with Crippen molar-refractivity contribution < 1.29 is 52.8 Å². The Labute approximate surface area is 303 Å². The van der Waals surface area contributed by atoms with Crippen molar-refractivity contribution in [1.29, 1.82) is 0 Å². The molecule has 6 amide bonds. The van der Waals surface area contributed by atoms with Gasteiger partial charge in [0.15, 0.2) is 0 Å². The maximum Gasteiger partial charge on any atom is 0.407 e. The van der Waals surface area contributed by atoms with Crippen LogP contribution < -0.4 is 38.1 Å². The number of amides is 6. The van der Waals surface area contributed by atoms with Gasteiger partial charge < -0.3 is 62.1 Å². The minimum absolute atomic E-state index is 0.0453. The van der Waals surface area contributed by atoms with E-state index in [2.05, 4.69) is 26.6 Å². The maximum atomic E-state index is 13.0. The van der Waals surface area contributed by atoms with E-state index >= 15 is 0 Å². The monoisotopic (exact) mass is 747 g/mol. The van der Waals surface area contributed by atoms with Crippen LogP contribution in [0.5, 0.6) is 0 Å². The number of carbonyl (C=O) groups is 6. The largest absolute Gasteiger partial charge is 0.450 e. The number of rotatable bonds is 24. The van der Waals surface area contributed by atoms with Gasteiger partial charge in [0.1, 0.15) is 11.6 Å². The highest BCUT2D eigenvalue weighted by atomic mass is 32.2. The number of carbonyl (C=O) groups excluding carboxylic acids is 6. The first-order valence-corrected chi connectivity index (χ1v) is 18.1. The van der Waals surface area contributed by atoms with Crippen molar-refractivity contribution in [3.05, 3.63) is 0 Å². The van der Waals surface area contributed by atoms with E-state index in [0.717, 1.165) is 0 Å². The van der Waals surface area contributed by atoms with E-state index in [1.165, 1.54) is 25.9 Å². The average molecular weight is 748 g/mol. The molecule has 0 bridgehead atoms. The molecule has 2 fully saturated rings. The van der Waals surface area contributed by atoms with Gasteiger partial charge in [0.05, 0.1) is 49.7 Å². The van der Waals surface area contributed by atoms with Gasteiger partial charge in [-0.15, -0.1) is 0 Å². The number of aliphatic hydroxyl groups is 1. The first-order chi connectivity index (χ1) is 23.8. The molecule has 2 aliphatic rings. The molecule has 292 valence electrons. The zero-order valence-electron chi connectivity index (χ0n) is 30.5. The number of ether oxygens (including phenoxy) is 4. The molecular formula is C32H57N7O11S. The van der Waals surface area contributed by atoms with Gasteiger partial charge in [0.25, 0.3) is 0 Å². The van der Waals surface area contributed by atoms with Gasteiger partial charge in [-0.25, -0.2) is 9.59 Å². The number of alkyl carbamates (subject to hydrolysis) is 2. The van der Waals surface area contributed by atoms with E-state index in [9.17, 15) is 33.9 Å². The quantitative estimate of drug-likeness (QED) is 0.0552. The number of nitrogens with two attached hydrogens (primary N) is 2. The minimum Gasteiger partial charge on any atom is -0.450 e. The van der Waals surface area contributed by atoms with E-state index in [1.54, 1.807) is 0 Å². The van der Waals surface area contributed by atoms with Crippen molar-refractivity contribution >= 4 is 47.6 Å². The fourth-order valence-electron chi connectivity index (χ4n) is 5.09. The maximum absolute atomic E-state index is 13.0. The molecule has 0 aromatic rings. The van der Waals surface area contributed by atoms with Crippen LogP contribution in [0, 0.1) is 5.41 Å². The summed E-state index contributed by atoms with van der Waals surface area (Å²) in [5.74, 6) is -1.35. The summed E-state index contributed by atoms with van der Waals surface area (Å²) in [4.78, 5) is 71.8. The topological polar surface area (TPSA) is 272 Å². The van der Waals surface area contributed by atoms with E-state index in [0.29, 0.717) is 38.0 Å². The van der Waals surface area contributed by atoms with Crippen molar-refractivity contribution in [2.45, 2.75) is 101 Å². The number of aliphatic hydroxyl groups excluding tert-OH is 1. The Balaban J connectivity index is 1.73. The SMILES string of the molecule is CNC(=O)OCCC1(CSC[C@H](N)C(=O)N[C@]2(C(=O)NCCOC(C)(C)CCOC(C)(C)CCC(=O)NCC(N)=O)CC2O)CC1OC(=O)NC. The molecule has 10 N–H and O–H groups in total. The first-order valence-electron chi connectivity index (χ1n) is 17.0. The van der Waals surface area contributed by atoms with E-state index in [-0.39, 0.29) is 56.9 Å². The van der Waals surface area contributed by atoms with Gasteiger partial charge in [0, 0.05) is 50.4 Å². The number of primary amides is 1. The summed E-state index contributed by atoms with van der Waals surface area (Å²) in [6.07, 6.45) is -0.371. The van der Waals surface area contributed by atoms with Gasteiger partial charge in [-0.2, -0.15) is 11.8 Å². The smallest absolute Gasteiger partial charge is 0.407 e. The molecule has 0 aromatic carbocycles. The zero-order valence-corrected chi connectivity index (χ0v) is 31.3. The molecule has 0 heterocycles. The summed E-state index contributed by atoms with van der Waals surface area (Å²) < 4.78 is 22.4. The first kappa shape index (κ1) is 43.8. The highest BCUT2D eigenvalue weighted by Gasteiger charge is 2.61. The fourth-order valence-corrected chi connectivity index (χ4v) is 6.46. The summed E-state index contributed by atoms with van der Waals surface area (Å²) in [6, 6.07) is -0.987. The lowest BCUT2D eigenvalue weighted by atomic mass is 10.0. The minimum atomic E-state index is -1.48. The molecule has 2 saturated carbocycles. The Morgan fingerprint density at radius 2 is 1.55 bits per heavy atom. The van der Waals surface area contributed by atoms with Crippen molar-refractivity contribution in [3.63, 3.8) is 0 Å². The highest BCUT2D eigenvalue weighted by Crippen LogP contribution is 2.53. The van der Waals surface area contributed by atoms with Crippen LogP contribution in [0.25, 0.3) is 0 Å². The second-order valence-corrected chi connectivity index (χ2v) is 15.1. The second-order valence-electron chi connectivity index (χ2n) is 14.1. The van der Waals surface area contributed by atoms with E-state index in [1.807, 2.05) is 27.7 Å².